The summed E-state index contributed by atoms with van der Waals surface area (Å²) in [5, 5.41) is 0. The van der Waals surface area contributed by atoms with Gasteiger partial charge in [0, 0.05) is 44.5 Å². The summed E-state index contributed by atoms with van der Waals surface area (Å²) in [4.78, 5) is 24.7. The second-order valence-electron chi connectivity index (χ2n) is 7.25. The Kier molecular flexibility index (Phi) is 4.83. The zero-order chi connectivity index (χ0) is 17.1. The lowest BCUT2D eigenvalue weighted by atomic mass is 9.83. The molecule has 2 fully saturated rings. The predicted octanol–water partition coefficient (Wildman–Crippen LogP) is 2.47. The van der Waals surface area contributed by atoms with Crippen LogP contribution in [0.3, 0.4) is 0 Å². The normalized spacial score (nSPS) is 24.3. The van der Waals surface area contributed by atoms with Crippen LogP contribution in [0.25, 0.3) is 0 Å². The lowest BCUT2D eigenvalue weighted by molar-refractivity contribution is -0.141. The van der Waals surface area contributed by atoms with E-state index in [4.69, 9.17) is 0 Å². The molecule has 4 rings (SSSR count). The van der Waals surface area contributed by atoms with Gasteiger partial charge >= 0.3 is 0 Å². The van der Waals surface area contributed by atoms with Crippen LogP contribution in [0.15, 0.2) is 42.7 Å². The highest BCUT2D eigenvalue weighted by molar-refractivity contribution is 5.77. The number of fused-ring (bicyclic) bond motifs is 1. The summed E-state index contributed by atoms with van der Waals surface area (Å²) in [5.74, 6) is 1.97. The number of nitrogens with one attached hydrogen (secondary N) is 1. The number of nitrogens with zero attached hydrogens (tertiary/aromatic N) is 3. The van der Waals surface area contributed by atoms with Crippen LogP contribution in [0.2, 0.25) is 0 Å². The first-order valence-electron chi connectivity index (χ1n) is 9.33. The fraction of sp³-hybridized carbons (Fsp3) is 0.500. The molecule has 0 spiro atoms. The van der Waals surface area contributed by atoms with E-state index >= 15 is 0 Å². The first kappa shape index (κ1) is 16.3. The number of carbonyl (C=O) groups is 1. The topological polar surface area (TPSA) is 52.2 Å². The van der Waals surface area contributed by atoms with E-state index in [1.54, 1.807) is 0 Å². The minimum atomic E-state index is 0.344. The van der Waals surface area contributed by atoms with Gasteiger partial charge in [-0.1, -0.05) is 30.3 Å². The summed E-state index contributed by atoms with van der Waals surface area (Å²) in [6.45, 7) is 3.84. The Balaban J connectivity index is 1.37. The molecule has 2 aliphatic rings. The Bertz CT molecular complexity index is 685. The number of benzene rings is 1. The number of carbonyl (C=O) groups excluding carboxylic acids is 1. The number of aromatic amines is 1. The largest absolute Gasteiger partial charge is 0.348 e. The van der Waals surface area contributed by atoms with Crippen LogP contribution >= 0.6 is 0 Å². The van der Waals surface area contributed by atoms with Crippen molar-refractivity contribution in [3.8, 4) is 0 Å². The molecule has 5 heteroatoms. The third-order valence-electron chi connectivity index (χ3n) is 5.64. The first-order valence-corrected chi connectivity index (χ1v) is 9.33. The molecule has 0 aliphatic carbocycles. The SMILES string of the molecule is O=C1CC[C@@H]2CN(Cc3ncc[nH]3)CC[C@@H]2N1CCc1ccccc1. The van der Waals surface area contributed by atoms with E-state index in [0.717, 1.165) is 51.3 Å². The van der Waals surface area contributed by atoms with Crippen molar-refractivity contribution < 1.29 is 4.79 Å². The first-order chi connectivity index (χ1) is 12.3. The Morgan fingerprint density at radius 3 is 2.88 bits per heavy atom. The average Bonchev–Trinajstić information content (AvgIpc) is 3.15. The van der Waals surface area contributed by atoms with Crippen LogP contribution in [-0.2, 0) is 17.8 Å². The van der Waals surface area contributed by atoms with Crippen LogP contribution in [-0.4, -0.2) is 51.4 Å². The van der Waals surface area contributed by atoms with Crippen molar-refractivity contribution in [3.05, 3.63) is 54.1 Å². The number of amides is 1. The van der Waals surface area contributed by atoms with Crippen molar-refractivity contribution in [2.75, 3.05) is 19.6 Å². The van der Waals surface area contributed by atoms with E-state index in [2.05, 4.69) is 44.0 Å². The molecular weight excluding hydrogens is 312 g/mol. The second kappa shape index (κ2) is 7.40. The van der Waals surface area contributed by atoms with Crippen molar-refractivity contribution in [1.29, 1.82) is 0 Å². The van der Waals surface area contributed by atoms with Crippen LogP contribution in [0.4, 0.5) is 0 Å². The Morgan fingerprint density at radius 2 is 2.08 bits per heavy atom. The maximum absolute atomic E-state index is 12.5. The molecule has 1 N–H and O–H groups in total. The van der Waals surface area contributed by atoms with Crippen molar-refractivity contribution >= 4 is 5.91 Å². The zero-order valence-electron chi connectivity index (χ0n) is 14.6. The van der Waals surface area contributed by atoms with Crippen LogP contribution in [0, 0.1) is 5.92 Å². The van der Waals surface area contributed by atoms with Gasteiger partial charge in [-0.25, -0.2) is 4.98 Å². The molecule has 25 heavy (non-hydrogen) atoms. The van der Waals surface area contributed by atoms with Gasteiger partial charge < -0.3 is 9.88 Å². The van der Waals surface area contributed by atoms with Crippen molar-refractivity contribution in [2.24, 2.45) is 5.92 Å². The van der Waals surface area contributed by atoms with Gasteiger partial charge in [0.2, 0.25) is 5.91 Å². The maximum Gasteiger partial charge on any atom is 0.222 e. The molecule has 1 aromatic heterocycles. The lowest BCUT2D eigenvalue weighted by Gasteiger charge is -2.47. The second-order valence-corrected chi connectivity index (χ2v) is 7.25. The Labute approximate surface area is 149 Å². The summed E-state index contributed by atoms with van der Waals surface area (Å²) < 4.78 is 0. The summed E-state index contributed by atoms with van der Waals surface area (Å²) in [6, 6.07) is 10.9. The van der Waals surface area contributed by atoms with Gasteiger partial charge in [-0.15, -0.1) is 0 Å². The van der Waals surface area contributed by atoms with Gasteiger partial charge in [-0.2, -0.15) is 0 Å². The molecule has 1 aromatic carbocycles. The highest BCUT2D eigenvalue weighted by Gasteiger charge is 2.38. The number of piperidine rings is 2. The number of imidazole rings is 1. The molecule has 132 valence electrons. The molecule has 5 nitrogen and oxygen atoms in total. The zero-order valence-corrected chi connectivity index (χ0v) is 14.6. The van der Waals surface area contributed by atoms with E-state index in [1.165, 1.54) is 5.56 Å². The Morgan fingerprint density at radius 1 is 1.20 bits per heavy atom. The molecule has 3 heterocycles. The lowest BCUT2D eigenvalue weighted by Crippen LogP contribution is -2.56. The van der Waals surface area contributed by atoms with Crippen LogP contribution < -0.4 is 0 Å². The van der Waals surface area contributed by atoms with E-state index in [1.807, 2.05) is 18.5 Å². The summed E-state index contributed by atoms with van der Waals surface area (Å²) in [7, 11) is 0. The number of aromatic nitrogens is 2. The Hall–Kier alpha value is -2.14. The standard InChI is InChI=1S/C20H26N4O/c25-20-7-6-17-14-23(15-19-21-10-11-22-19)12-9-18(17)24(20)13-8-16-4-2-1-3-5-16/h1-5,10-11,17-18H,6-9,12-15H2,(H,21,22)/t17-,18+/m1/s1. The third kappa shape index (κ3) is 3.76. The minimum Gasteiger partial charge on any atom is -0.348 e. The van der Waals surface area contributed by atoms with Gasteiger partial charge in [0.15, 0.2) is 0 Å². The smallest absolute Gasteiger partial charge is 0.222 e. The van der Waals surface area contributed by atoms with E-state index < -0.39 is 0 Å². The number of likely N-dealkylation sites (tertiary alicyclic amines) is 2. The fourth-order valence-corrected chi connectivity index (χ4v) is 4.35. The predicted molar refractivity (Wildman–Crippen MR) is 96.9 cm³/mol. The van der Waals surface area contributed by atoms with E-state index in [9.17, 15) is 4.79 Å². The summed E-state index contributed by atoms with van der Waals surface area (Å²) in [6.07, 6.45) is 7.45. The molecule has 2 saturated heterocycles. The van der Waals surface area contributed by atoms with Crippen molar-refractivity contribution in [1.82, 2.24) is 19.8 Å². The van der Waals surface area contributed by atoms with Crippen molar-refractivity contribution in [3.63, 3.8) is 0 Å². The fourth-order valence-electron chi connectivity index (χ4n) is 4.35. The number of hydrogen-bond donors (Lipinski definition) is 1. The maximum atomic E-state index is 12.5. The molecule has 2 aliphatic heterocycles. The molecule has 0 saturated carbocycles. The molecule has 0 unspecified atom stereocenters. The highest BCUT2D eigenvalue weighted by atomic mass is 16.2. The van der Waals surface area contributed by atoms with Crippen LogP contribution in [0.5, 0.6) is 0 Å². The minimum absolute atomic E-state index is 0.344. The van der Waals surface area contributed by atoms with Gasteiger partial charge in [0.1, 0.15) is 5.82 Å². The number of H-pyrrole nitrogens is 1. The van der Waals surface area contributed by atoms with E-state index in [0.29, 0.717) is 24.3 Å². The summed E-state index contributed by atoms with van der Waals surface area (Å²) in [5.41, 5.74) is 1.31. The van der Waals surface area contributed by atoms with Crippen LogP contribution in [0.1, 0.15) is 30.7 Å². The number of hydrogen-bond acceptors (Lipinski definition) is 3. The number of rotatable bonds is 5. The quantitative estimate of drug-likeness (QED) is 0.911. The average molecular weight is 338 g/mol. The molecular formula is C20H26N4O. The molecule has 2 atom stereocenters. The molecule has 1 amide bonds. The van der Waals surface area contributed by atoms with E-state index in [-0.39, 0.29) is 0 Å². The highest BCUT2D eigenvalue weighted by Crippen LogP contribution is 2.31. The molecule has 0 radical (unpaired) electrons. The van der Waals surface area contributed by atoms with Gasteiger partial charge in [0.05, 0.1) is 6.54 Å². The molecule has 2 aromatic rings. The van der Waals surface area contributed by atoms with Crippen molar-refractivity contribution in [2.45, 2.75) is 38.3 Å². The third-order valence-corrected chi connectivity index (χ3v) is 5.64. The monoisotopic (exact) mass is 338 g/mol. The van der Waals surface area contributed by atoms with Gasteiger partial charge in [-0.3, -0.25) is 9.69 Å². The van der Waals surface area contributed by atoms with Gasteiger partial charge in [0.25, 0.3) is 0 Å². The summed E-state index contributed by atoms with van der Waals surface area (Å²) >= 11 is 0. The molecule has 0 bridgehead atoms. The van der Waals surface area contributed by atoms with Gasteiger partial charge in [-0.05, 0) is 30.7 Å².